The van der Waals surface area contributed by atoms with Crippen molar-refractivity contribution in [1.82, 2.24) is 15.3 Å². The van der Waals surface area contributed by atoms with Gasteiger partial charge in [-0.2, -0.15) is 9.97 Å². The number of nitrogens with zero attached hydrogens (tertiary/aromatic N) is 5. The fourth-order valence-corrected chi connectivity index (χ4v) is 5.29. The van der Waals surface area contributed by atoms with E-state index in [2.05, 4.69) is 75.6 Å². The maximum atomic E-state index is 5.52. The predicted octanol–water partition coefficient (Wildman–Crippen LogP) is 3.73. The second-order valence-electron chi connectivity index (χ2n) is 9.94. The molecular formula is C25H35N7S. The number of para-hydroxylation sites is 1. The SMILES string of the molecule is C[C@@H]1C[C@@H](C)CN(c2cc(N3CCN(c4ccccc4)CC3)nc(NC(=S)NC3CC3)n2)C1. The molecule has 8 heteroatoms. The van der Waals surface area contributed by atoms with E-state index < -0.39 is 0 Å². The summed E-state index contributed by atoms with van der Waals surface area (Å²) in [5, 5.41) is 7.23. The Bertz CT molecular complexity index is 946. The minimum atomic E-state index is 0.502. The maximum Gasteiger partial charge on any atom is 0.232 e. The lowest BCUT2D eigenvalue weighted by molar-refractivity contribution is 0.355. The molecule has 0 amide bonds. The van der Waals surface area contributed by atoms with E-state index in [1.165, 1.54) is 24.9 Å². The lowest BCUT2D eigenvalue weighted by atomic mass is 9.92. The first-order valence-electron chi connectivity index (χ1n) is 12.3. The number of benzene rings is 1. The molecule has 3 fully saturated rings. The molecule has 0 radical (unpaired) electrons. The van der Waals surface area contributed by atoms with Gasteiger partial charge in [0.2, 0.25) is 5.95 Å². The molecule has 2 N–H and O–H groups in total. The van der Waals surface area contributed by atoms with Crippen LogP contribution in [0.2, 0.25) is 0 Å². The Morgan fingerprint density at radius 2 is 1.48 bits per heavy atom. The van der Waals surface area contributed by atoms with Crippen molar-refractivity contribution in [2.75, 3.05) is 59.3 Å². The fraction of sp³-hybridized carbons (Fsp3) is 0.560. The third kappa shape index (κ3) is 5.66. The highest BCUT2D eigenvalue weighted by molar-refractivity contribution is 7.80. The van der Waals surface area contributed by atoms with Crippen LogP contribution in [0.4, 0.5) is 23.3 Å². The molecule has 1 aliphatic carbocycles. The number of piperidine rings is 1. The third-order valence-corrected chi connectivity index (χ3v) is 6.97. The molecule has 2 saturated heterocycles. The van der Waals surface area contributed by atoms with E-state index in [0.29, 0.717) is 28.9 Å². The van der Waals surface area contributed by atoms with Gasteiger partial charge >= 0.3 is 0 Å². The summed E-state index contributed by atoms with van der Waals surface area (Å²) < 4.78 is 0. The lowest BCUT2D eigenvalue weighted by Crippen LogP contribution is -2.47. The normalized spacial score (nSPS) is 23.4. The van der Waals surface area contributed by atoms with Gasteiger partial charge in [-0.05, 0) is 55.4 Å². The zero-order valence-corrected chi connectivity index (χ0v) is 20.5. The molecule has 2 aromatic rings. The van der Waals surface area contributed by atoms with E-state index >= 15 is 0 Å². The highest BCUT2D eigenvalue weighted by atomic mass is 32.1. The number of anilines is 4. The third-order valence-electron chi connectivity index (χ3n) is 6.75. The van der Waals surface area contributed by atoms with Crippen molar-refractivity contribution in [3.05, 3.63) is 36.4 Å². The molecule has 0 bridgehead atoms. The van der Waals surface area contributed by atoms with Crippen molar-refractivity contribution in [3.63, 3.8) is 0 Å². The van der Waals surface area contributed by atoms with Crippen molar-refractivity contribution in [1.29, 1.82) is 0 Å². The van der Waals surface area contributed by atoms with Crippen LogP contribution in [0.15, 0.2) is 36.4 Å². The topological polar surface area (TPSA) is 59.6 Å². The molecule has 5 rings (SSSR count). The van der Waals surface area contributed by atoms with Gasteiger partial charge in [0, 0.05) is 57.1 Å². The molecule has 2 aliphatic heterocycles. The van der Waals surface area contributed by atoms with Gasteiger partial charge in [-0.3, -0.25) is 0 Å². The van der Waals surface area contributed by atoms with Gasteiger partial charge in [-0.25, -0.2) is 0 Å². The molecule has 7 nitrogen and oxygen atoms in total. The van der Waals surface area contributed by atoms with Crippen LogP contribution in [-0.4, -0.2) is 60.4 Å². The number of aromatic nitrogens is 2. The van der Waals surface area contributed by atoms with Gasteiger partial charge in [0.25, 0.3) is 0 Å². The summed E-state index contributed by atoms with van der Waals surface area (Å²) in [5.41, 5.74) is 1.29. The first-order valence-corrected chi connectivity index (χ1v) is 12.7. The zero-order chi connectivity index (χ0) is 22.8. The average molecular weight is 466 g/mol. The van der Waals surface area contributed by atoms with Gasteiger partial charge in [0.15, 0.2) is 5.11 Å². The number of thiocarbonyl (C=S) groups is 1. The molecule has 2 atom stereocenters. The Hall–Kier alpha value is -2.61. The maximum absolute atomic E-state index is 5.52. The predicted molar refractivity (Wildman–Crippen MR) is 140 cm³/mol. The summed E-state index contributed by atoms with van der Waals surface area (Å²) in [6, 6.07) is 13.3. The summed E-state index contributed by atoms with van der Waals surface area (Å²) in [6.45, 7) is 10.6. The molecule has 33 heavy (non-hydrogen) atoms. The number of hydrogen-bond donors (Lipinski definition) is 2. The monoisotopic (exact) mass is 465 g/mol. The van der Waals surface area contributed by atoms with E-state index in [1.807, 2.05) is 0 Å². The van der Waals surface area contributed by atoms with E-state index in [1.54, 1.807) is 0 Å². The summed E-state index contributed by atoms with van der Waals surface area (Å²) in [6.07, 6.45) is 3.64. The summed E-state index contributed by atoms with van der Waals surface area (Å²) in [5.74, 6) is 3.90. The second kappa shape index (κ2) is 9.71. The van der Waals surface area contributed by atoms with Crippen LogP contribution >= 0.6 is 12.2 Å². The van der Waals surface area contributed by atoms with Crippen LogP contribution in [-0.2, 0) is 0 Å². The van der Waals surface area contributed by atoms with Crippen molar-refractivity contribution in [2.24, 2.45) is 11.8 Å². The van der Waals surface area contributed by atoms with Crippen LogP contribution in [0.25, 0.3) is 0 Å². The Morgan fingerprint density at radius 3 is 2.12 bits per heavy atom. The average Bonchev–Trinajstić information content (AvgIpc) is 3.63. The molecule has 0 unspecified atom stereocenters. The van der Waals surface area contributed by atoms with Gasteiger partial charge < -0.3 is 25.3 Å². The minimum Gasteiger partial charge on any atom is -0.368 e. The van der Waals surface area contributed by atoms with Crippen LogP contribution < -0.4 is 25.3 Å². The standard InChI is InChI=1S/C25H35N7S/c1-18-14-19(2)17-32(16-18)23-15-22(27-24(28-23)29-25(33)26-20-8-9-20)31-12-10-30(11-13-31)21-6-4-3-5-7-21/h3-7,15,18-20H,8-14,16-17H2,1-2H3,(H2,26,27,28,29,33)/t18-,19-/m1/s1. The quantitative estimate of drug-likeness (QED) is 0.648. The molecular weight excluding hydrogens is 430 g/mol. The van der Waals surface area contributed by atoms with Gasteiger partial charge in [-0.1, -0.05) is 32.0 Å². The van der Waals surface area contributed by atoms with Crippen molar-refractivity contribution < 1.29 is 0 Å². The van der Waals surface area contributed by atoms with Gasteiger partial charge in [-0.15, -0.1) is 0 Å². The summed E-state index contributed by atoms with van der Waals surface area (Å²) in [4.78, 5) is 17.0. The largest absolute Gasteiger partial charge is 0.368 e. The Morgan fingerprint density at radius 1 is 0.879 bits per heavy atom. The highest BCUT2D eigenvalue weighted by Crippen LogP contribution is 2.29. The van der Waals surface area contributed by atoms with Crippen molar-refractivity contribution >= 4 is 40.6 Å². The molecule has 176 valence electrons. The smallest absolute Gasteiger partial charge is 0.232 e. The molecule has 3 heterocycles. The van der Waals surface area contributed by atoms with Crippen molar-refractivity contribution in [3.8, 4) is 0 Å². The second-order valence-corrected chi connectivity index (χ2v) is 10.3. The summed E-state index contributed by atoms with van der Waals surface area (Å²) in [7, 11) is 0. The molecule has 1 saturated carbocycles. The van der Waals surface area contributed by atoms with Crippen molar-refractivity contribution in [2.45, 2.75) is 39.2 Å². The van der Waals surface area contributed by atoms with E-state index in [-0.39, 0.29) is 0 Å². The van der Waals surface area contributed by atoms with E-state index in [9.17, 15) is 0 Å². The van der Waals surface area contributed by atoms with Gasteiger partial charge in [0.05, 0.1) is 0 Å². The Balaban J connectivity index is 1.35. The Labute approximate surface area is 202 Å². The molecule has 3 aliphatic rings. The molecule has 1 aromatic carbocycles. The number of nitrogens with one attached hydrogen (secondary N) is 2. The van der Waals surface area contributed by atoms with Crippen LogP contribution in [0.5, 0.6) is 0 Å². The summed E-state index contributed by atoms with van der Waals surface area (Å²) >= 11 is 5.52. The van der Waals surface area contributed by atoms with Crippen LogP contribution in [0, 0.1) is 11.8 Å². The Kier molecular flexibility index (Phi) is 6.53. The van der Waals surface area contributed by atoms with Crippen LogP contribution in [0.3, 0.4) is 0 Å². The number of hydrogen-bond acceptors (Lipinski definition) is 6. The molecule has 0 spiro atoms. The highest BCUT2D eigenvalue weighted by Gasteiger charge is 2.26. The molecule has 1 aromatic heterocycles. The first kappa shape index (κ1) is 22.2. The fourth-order valence-electron chi connectivity index (χ4n) is 5.04. The van der Waals surface area contributed by atoms with Gasteiger partial charge in [0.1, 0.15) is 11.6 Å². The lowest BCUT2D eigenvalue weighted by Gasteiger charge is -2.38. The van der Waals surface area contributed by atoms with Crippen LogP contribution in [0.1, 0.15) is 33.1 Å². The number of piperazine rings is 1. The minimum absolute atomic E-state index is 0.502. The van der Waals surface area contributed by atoms with E-state index in [0.717, 1.165) is 50.9 Å². The first-order chi connectivity index (χ1) is 16.0. The number of rotatable bonds is 5. The zero-order valence-electron chi connectivity index (χ0n) is 19.7. The van der Waals surface area contributed by atoms with E-state index in [4.69, 9.17) is 22.2 Å².